The molecule has 1 aliphatic heterocycles. The number of carbonyl (C=O) groups is 2. The average molecular weight is 267 g/mol. The molecule has 0 spiro atoms. The van der Waals surface area contributed by atoms with Gasteiger partial charge in [-0.3, -0.25) is 4.79 Å². The summed E-state index contributed by atoms with van der Waals surface area (Å²) in [6.07, 6.45) is -0.644. The molecule has 1 N–H and O–H groups in total. The van der Waals surface area contributed by atoms with E-state index >= 15 is 0 Å². The molecule has 1 heterocycles. The lowest BCUT2D eigenvalue weighted by atomic mass is 10.1. The van der Waals surface area contributed by atoms with Gasteiger partial charge in [0.15, 0.2) is 0 Å². The third-order valence-corrected chi connectivity index (χ3v) is 3.08. The van der Waals surface area contributed by atoms with Crippen molar-refractivity contribution >= 4 is 11.9 Å². The number of hydrogen-bond donors (Lipinski definition) is 1. The highest BCUT2D eigenvalue weighted by atomic mass is 19.1. The number of ether oxygens (including phenoxy) is 1. The zero-order chi connectivity index (χ0) is 14.0. The molecule has 1 saturated heterocycles. The van der Waals surface area contributed by atoms with Crippen molar-refractivity contribution in [2.24, 2.45) is 0 Å². The number of halogens is 1. The molecule has 102 valence electrons. The van der Waals surface area contributed by atoms with E-state index < -0.39 is 29.8 Å². The number of esters is 1. The molecule has 1 aromatic rings. The molecule has 0 radical (unpaired) electrons. The van der Waals surface area contributed by atoms with E-state index in [1.165, 1.54) is 30.2 Å². The molecule has 1 fully saturated rings. The number of aliphatic hydroxyl groups excluding tert-OH is 1. The quantitative estimate of drug-likeness (QED) is 0.796. The Labute approximate surface area is 109 Å². The van der Waals surface area contributed by atoms with E-state index in [-0.39, 0.29) is 18.5 Å². The van der Waals surface area contributed by atoms with Gasteiger partial charge in [0.1, 0.15) is 11.9 Å². The first-order valence-corrected chi connectivity index (χ1v) is 5.85. The van der Waals surface area contributed by atoms with E-state index in [1.54, 1.807) is 0 Å². The molecule has 0 saturated carbocycles. The summed E-state index contributed by atoms with van der Waals surface area (Å²) in [4.78, 5) is 25.0. The van der Waals surface area contributed by atoms with Gasteiger partial charge in [-0.25, -0.2) is 9.18 Å². The second-order valence-electron chi connectivity index (χ2n) is 4.40. The second kappa shape index (κ2) is 5.36. The Bertz CT molecular complexity index is 505. The smallest absolute Gasteiger partial charge is 0.328 e. The van der Waals surface area contributed by atoms with Crippen molar-refractivity contribution in [3.63, 3.8) is 0 Å². The molecule has 5 nitrogen and oxygen atoms in total. The second-order valence-corrected chi connectivity index (χ2v) is 4.40. The van der Waals surface area contributed by atoms with E-state index in [1.807, 2.05) is 0 Å². The van der Waals surface area contributed by atoms with Gasteiger partial charge in [0.25, 0.3) is 5.91 Å². The Kier molecular flexibility index (Phi) is 3.80. The molecule has 2 rings (SSSR count). The third-order valence-electron chi connectivity index (χ3n) is 3.08. The Morgan fingerprint density at radius 2 is 2.21 bits per heavy atom. The summed E-state index contributed by atoms with van der Waals surface area (Å²) in [7, 11) is 1.22. The maximum atomic E-state index is 13.1. The minimum absolute atomic E-state index is 0.0368. The number of methoxy groups -OCH3 is 1. The summed E-state index contributed by atoms with van der Waals surface area (Å²) in [6.45, 7) is 0.0368. The summed E-state index contributed by atoms with van der Waals surface area (Å²) >= 11 is 0. The van der Waals surface area contributed by atoms with Crippen molar-refractivity contribution in [2.75, 3.05) is 13.7 Å². The summed E-state index contributed by atoms with van der Waals surface area (Å²) in [5, 5.41) is 9.59. The molecule has 1 aromatic carbocycles. The van der Waals surface area contributed by atoms with Crippen LogP contribution in [0.2, 0.25) is 0 Å². The molecule has 19 heavy (non-hydrogen) atoms. The maximum Gasteiger partial charge on any atom is 0.328 e. The number of rotatable bonds is 2. The minimum Gasteiger partial charge on any atom is -0.467 e. The molecular formula is C13H14FNO4. The number of hydrogen-bond acceptors (Lipinski definition) is 4. The fraction of sp³-hybridized carbons (Fsp3) is 0.385. The number of amides is 1. The molecular weight excluding hydrogens is 253 g/mol. The summed E-state index contributed by atoms with van der Waals surface area (Å²) in [5.41, 5.74) is 0.142. The fourth-order valence-electron chi connectivity index (χ4n) is 2.19. The van der Waals surface area contributed by atoms with Gasteiger partial charge in [0.2, 0.25) is 0 Å². The average Bonchev–Trinajstić information content (AvgIpc) is 2.79. The lowest BCUT2D eigenvalue weighted by molar-refractivity contribution is -0.145. The highest BCUT2D eigenvalue weighted by molar-refractivity contribution is 5.97. The van der Waals surface area contributed by atoms with Crippen molar-refractivity contribution in [1.29, 1.82) is 0 Å². The SMILES string of the molecule is COC(=O)C1CC(O)CN1C(=O)c1cccc(F)c1. The summed E-state index contributed by atoms with van der Waals surface area (Å²) in [6, 6.07) is 4.39. The van der Waals surface area contributed by atoms with Gasteiger partial charge in [-0.1, -0.05) is 6.07 Å². The molecule has 0 bridgehead atoms. The van der Waals surface area contributed by atoms with E-state index in [9.17, 15) is 19.1 Å². The van der Waals surface area contributed by atoms with Crippen LogP contribution in [0.15, 0.2) is 24.3 Å². The molecule has 0 aromatic heterocycles. The van der Waals surface area contributed by atoms with Crippen LogP contribution in [-0.2, 0) is 9.53 Å². The highest BCUT2D eigenvalue weighted by Crippen LogP contribution is 2.22. The van der Waals surface area contributed by atoms with Crippen LogP contribution < -0.4 is 0 Å². The Morgan fingerprint density at radius 3 is 2.84 bits per heavy atom. The fourth-order valence-corrected chi connectivity index (χ4v) is 2.19. The van der Waals surface area contributed by atoms with Gasteiger partial charge >= 0.3 is 5.97 Å². The van der Waals surface area contributed by atoms with Crippen LogP contribution in [0.4, 0.5) is 4.39 Å². The van der Waals surface area contributed by atoms with Gasteiger partial charge < -0.3 is 14.7 Å². The Hall–Kier alpha value is -1.95. The normalized spacial score (nSPS) is 22.4. The number of aliphatic hydroxyl groups is 1. The summed E-state index contributed by atoms with van der Waals surface area (Å²) < 4.78 is 17.7. The number of benzene rings is 1. The predicted octanol–water partition coefficient (Wildman–Crippen LogP) is 0.574. The van der Waals surface area contributed by atoms with E-state index in [2.05, 4.69) is 4.74 Å². The molecule has 6 heteroatoms. The highest BCUT2D eigenvalue weighted by Gasteiger charge is 2.39. The Morgan fingerprint density at radius 1 is 1.47 bits per heavy atom. The van der Waals surface area contributed by atoms with Crippen LogP contribution in [0.5, 0.6) is 0 Å². The van der Waals surface area contributed by atoms with Crippen LogP contribution in [0.1, 0.15) is 16.8 Å². The monoisotopic (exact) mass is 267 g/mol. The van der Waals surface area contributed by atoms with Crippen LogP contribution in [0, 0.1) is 5.82 Å². The molecule has 2 atom stereocenters. The number of β-amino-alcohol motifs (C(OH)–C–C–N with tert-alkyl or cyclic N) is 1. The first-order chi connectivity index (χ1) is 9.02. The Balaban J connectivity index is 2.24. The zero-order valence-electron chi connectivity index (χ0n) is 10.4. The van der Waals surface area contributed by atoms with Crippen molar-refractivity contribution in [3.8, 4) is 0 Å². The van der Waals surface area contributed by atoms with Crippen LogP contribution in [-0.4, -0.2) is 47.7 Å². The summed E-state index contributed by atoms with van der Waals surface area (Å²) in [5.74, 6) is -1.60. The van der Waals surface area contributed by atoms with Crippen molar-refractivity contribution in [3.05, 3.63) is 35.6 Å². The maximum absolute atomic E-state index is 13.1. The lowest BCUT2D eigenvalue weighted by Gasteiger charge is -2.22. The minimum atomic E-state index is -0.823. The molecule has 1 amide bonds. The molecule has 1 aliphatic rings. The number of nitrogens with zero attached hydrogens (tertiary/aromatic N) is 1. The van der Waals surface area contributed by atoms with Gasteiger partial charge in [-0.2, -0.15) is 0 Å². The number of carbonyl (C=O) groups excluding carboxylic acids is 2. The van der Waals surface area contributed by atoms with Gasteiger partial charge in [0.05, 0.1) is 13.2 Å². The molecule has 2 unspecified atom stereocenters. The van der Waals surface area contributed by atoms with Gasteiger partial charge in [0, 0.05) is 18.5 Å². The van der Waals surface area contributed by atoms with E-state index in [4.69, 9.17) is 0 Å². The molecule has 0 aliphatic carbocycles. The lowest BCUT2D eigenvalue weighted by Crippen LogP contribution is -2.41. The van der Waals surface area contributed by atoms with Gasteiger partial charge in [-0.15, -0.1) is 0 Å². The van der Waals surface area contributed by atoms with E-state index in [0.29, 0.717) is 0 Å². The zero-order valence-corrected chi connectivity index (χ0v) is 10.4. The standard InChI is InChI=1S/C13H14FNO4/c1-19-13(18)11-6-10(16)7-15(11)12(17)8-3-2-4-9(14)5-8/h2-5,10-11,16H,6-7H2,1H3. The largest absolute Gasteiger partial charge is 0.467 e. The van der Waals surface area contributed by atoms with Crippen LogP contribution >= 0.6 is 0 Å². The van der Waals surface area contributed by atoms with E-state index in [0.717, 1.165) is 6.07 Å². The van der Waals surface area contributed by atoms with Crippen molar-refractivity contribution < 1.29 is 23.8 Å². The first kappa shape index (κ1) is 13.5. The van der Waals surface area contributed by atoms with Crippen molar-refractivity contribution in [2.45, 2.75) is 18.6 Å². The third kappa shape index (κ3) is 2.73. The van der Waals surface area contributed by atoms with Gasteiger partial charge in [-0.05, 0) is 18.2 Å². The van der Waals surface area contributed by atoms with Crippen LogP contribution in [0.3, 0.4) is 0 Å². The van der Waals surface area contributed by atoms with Crippen molar-refractivity contribution in [1.82, 2.24) is 4.90 Å². The number of likely N-dealkylation sites (tertiary alicyclic amines) is 1. The predicted molar refractivity (Wildman–Crippen MR) is 63.9 cm³/mol. The first-order valence-electron chi connectivity index (χ1n) is 5.85. The van der Waals surface area contributed by atoms with Crippen LogP contribution in [0.25, 0.3) is 0 Å². The topological polar surface area (TPSA) is 66.8 Å².